The summed E-state index contributed by atoms with van der Waals surface area (Å²) < 4.78 is 5.16. The summed E-state index contributed by atoms with van der Waals surface area (Å²) in [6.07, 6.45) is 2.06. The predicted molar refractivity (Wildman–Crippen MR) is 117 cm³/mol. The molecular weight excluding hydrogens is 400 g/mol. The van der Waals surface area contributed by atoms with E-state index in [1.165, 1.54) is 0 Å². The number of ether oxygens (including phenoxy) is 1. The highest BCUT2D eigenvalue weighted by molar-refractivity contribution is 6.31. The van der Waals surface area contributed by atoms with Crippen molar-refractivity contribution in [1.29, 1.82) is 0 Å². The summed E-state index contributed by atoms with van der Waals surface area (Å²) in [5.74, 6) is 1.43. The molecule has 2 aromatic rings. The number of methoxy groups -OCH3 is 1. The van der Waals surface area contributed by atoms with Gasteiger partial charge in [0.15, 0.2) is 0 Å². The SMILES string of the molecule is COc1ccc(CCC(=O)N2CCN(C(=O)C3CC3c3ccccc3Cl)CC2)cc1. The number of halogens is 1. The molecule has 1 saturated heterocycles. The van der Waals surface area contributed by atoms with Gasteiger partial charge in [-0.15, -0.1) is 0 Å². The third-order valence-corrected chi connectivity index (χ3v) is 6.49. The highest BCUT2D eigenvalue weighted by Crippen LogP contribution is 2.50. The molecule has 30 heavy (non-hydrogen) atoms. The number of aryl methyl sites for hydroxylation is 1. The quantitative estimate of drug-likeness (QED) is 0.706. The van der Waals surface area contributed by atoms with Gasteiger partial charge in [0.05, 0.1) is 7.11 Å². The van der Waals surface area contributed by atoms with Crippen LogP contribution in [0.4, 0.5) is 0 Å². The summed E-state index contributed by atoms with van der Waals surface area (Å²) in [6.45, 7) is 2.44. The fourth-order valence-corrected chi connectivity index (χ4v) is 4.48. The lowest BCUT2D eigenvalue weighted by atomic mass is 10.1. The molecular formula is C24H27ClN2O3. The summed E-state index contributed by atoms with van der Waals surface area (Å²) in [7, 11) is 1.64. The van der Waals surface area contributed by atoms with Gasteiger partial charge in [-0.1, -0.05) is 41.9 Å². The zero-order chi connectivity index (χ0) is 21.1. The molecule has 0 radical (unpaired) electrons. The van der Waals surface area contributed by atoms with Crippen LogP contribution in [0.15, 0.2) is 48.5 Å². The van der Waals surface area contributed by atoms with E-state index in [9.17, 15) is 9.59 Å². The fraction of sp³-hybridized carbons (Fsp3) is 0.417. The molecule has 4 rings (SSSR count). The van der Waals surface area contributed by atoms with E-state index in [-0.39, 0.29) is 23.7 Å². The van der Waals surface area contributed by atoms with Crippen LogP contribution in [-0.4, -0.2) is 54.9 Å². The highest BCUT2D eigenvalue weighted by atomic mass is 35.5. The number of rotatable bonds is 6. The Labute approximate surface area is 182 Å². The first kappa shape index (κ1) is 20.7. The standard InChI is InChI=1S/C24H27ClN2O3/c1-30-18-9-6-17(7-10-18)8-11-23(28)26-12-14-27(15-13-26)24(29)21-16-20(21)19-4-2-3-5-22(19)25/h2-7,9-10,20-21H,8,11-16H2,1H3. The average Bonchev–Trinajstić information content (AvgIpc) is 3.58. The molecule has 6 heteroatoms. The molecule has 1 saturated carbocycles. The minimum atomic E-state index is 0.0298. The summed E-state index contributed by atoms with van der Waals surface area (Å²) in [4.78, 5) is 29.2. The van der Waals surface area contributed by atoms with Gasteiger partial charge in [0, 0.05) is 43.5 Å². The van der Waals surface area contributed by atoms with Crippen LogP contribution in [0.1, 0.15) is 29.9 Å². The first-order valence-electron chi connectivity index (χ1n) is 10.5. The molecule has 0 bridgehead atoms. The Bertz CT molecular complexity index is 907. The van der Waals surface area contributed by atoms with Crippen molar-refractivity contribution in [2.75, 3.05) is 33.3 Å². The average molecular weight is 427 g/mol. The third-order valence-electron chi connectivity index (χ3n) is 6.14. The van der Waals surface area contributed by atoms with Gasteiger partial charge < -0.3 is 14.5 Å². The van der Waals surface area contributed by atoms with E-state index in [0.717, 1.165) is 28.3 Å². The first-order chi connectivity index (χ1) is 14.6. The van der Waals surface area contributed by atoms with Crippen molar-refractivity contribution in [3.05, 3.63) is 64.7 Å². The largest absolute Gasteiger partial charge is 0.497 e. The zero-order valence-electron chi connectivity index (χ0n) is 17.2. The van der Waals surface area contributed by atoms with Gasteiger partial charge >= 0.3 is 0 Å². The summed E-state index contributed by atoms with van der Waals surface area (Å²) in [5, 5.41) is 0.741. The maximum absolute atomic E-state index is 12.9. The monoisotopic (exact) mass is 426 g/mol. The fourth-order valence-electron chi connectivity index (χ4n) is 4.20. The predicted octanol–water partition coefficient (Wildman–Crippen LogP) is 3.76. The molecule has 1 aliphatic heterocycles. The van der Waals surface area contributed by atoms with Crippen molar-refractivity contribution >= 4 is 23.4 Å². The van der Waals surface area contributed by atoms with Crippen LogP contribution < -0.4 is 4.74 Å². The summed E-state index contributed by atoms with van der Waals surface area (Å²) in [6, 6.07) is 15.6. The minimum Gasteiger partial charge on any atom is -0.497 e. The molecule has 158 valence electrons. The lowest BCUT2D eigenvalue weighted by Gasteiger charge is -2.35. The van der Waals surface area contributed by atoms with E-state index in [1.807, 2.05) is 58.3 Å². The maximum atomic E-state index is 12.9. The molecule has 2 fully saturated rings. The van der Waals surface area contributed by atoms with E-state index in [0.29, 0.717) is 39.0 Å². The smallest absolute Gasteiger partial charge is 0.226 e. The van der Waals surface area contributed by atoms with Crippen molar-refractivity contribution in [2.24, 2.45) is 5.92 Å². The van der Waals surface area contributed by atoms with Gasteiger partial charge in [-0.25, -0.2) is 0 Å². The molecule has 0 spiro atoms. The molecule has 0 N–H and O–H groups in total. The Morgan fingerprint density at radius 2 is 1.67 bits per heavy atom. The minimum absolute atomic E-state index is 0.0298. The Morgan fingerprint density at radius 1 is 1.00 bits per heavy atom. The second-order valence-electron chi connectivity index (χ2n) is 8.02. The topological polar surface area (TPSA) is 49.9 Å². The number of amides is 2. The van der Waals surface area contributed by atoms with Crippen molar-refractivity contribution < 1.29 is 14.3 Å². The number of carbonyl (C=O) groups is 2. The van der Waals surface area contributed by atoms with Crippen LogP contribution in [0, 0.1) is 5.92 Å². The van der Waals surface area contributed by atoms with E-state index < -0.39 is 0 Å². The van der Waals surface area contributed by atoms with Gasteiger partial charge in [-0.2, -0.15) is 0 Å². The Balaban J connectivity index is 1.23. The van der Waals surface area contributed by atoms with E-state index >= 15 is 0 Å². The highest BCUT2D eigenvalue weighted by Gasteiger charge is 2.46. The van der Waals surface area contributed by atoms with E-state index in [4.69, 9.17) is 16.3 Å². The normalized spacial score (nSPS) is 20.7. The molecule has 1 heterocycles. The van der Waals surface area contributed by atoms with E-state index in [1.54, 1.807) is 7.11 Å². The second kappa shape index (κ2) is 9.09. The Kier molecular flexibility index (Phi) is 6.28. The van der Waals surface area contributed by atoms with Crippen LogP contribution in [0.2, 0.25) is 5.02 Å². The molecule has 2 unspecified atom stereocenters. The van der Waals surface area contributed by atoms with Gasteiger partial charge in [0.1, 0.15) is 5.75 Å². The van der Waals surface area contributed by atoms with Crippen LogP contribution in [-0.2, 0) is 16.0 Å². The summed E-state index contributed by atoms with van der Waals surface area (Å²) in [5.41, 5.74) is 2.20. The second-order valence-corrected chi connectivity index (χ2v) is 8.43. The lowest BCUT2D eigenvalue weighted by Crippen LogP contribution is -2.51. The van der Waals surface area contributed by atoms with Gasteiger partial charge in [0.25, 0.3) is 0 Å². The molecule has 5 nitrogen and oxygen atoms in total. The van der Waals surface area contributed by atoms with Crippen LogP contribution in [0.3, 0.4) is 0 Å². The number of benzene rings is 2. The summed E-state index contributed by atoms with van der Waals surface area (Å²) >= 11 is 6.28. The number of nitrogens with zero attached hydrogens (tertiary/aromatic N) is 2. The maximum Gasteiger partial charge on any atom is 0.226 e. The Morgan fingerprint density at radius 3 is 2.33 bits per heavy atom. The van der Waals surface area contributed by atoms with Crippen molar-refractivity contribution in [3.8, 4) is 5.75 Å². The molecule has 0 aromatic heterocycles. The molecule has 2 aromatic carbocycles. The zero-order valence-corrected chi connectivity index (χ0v) is 18.0. The van der Waals surface area contributed by atoms with Crippen molar-refractivity contribution in [1.82, 2.24) is 9.80 Å². The van der Waals surface area contributed by atoms with Crippen molar-refractivity contribution in [3.63, 3.8) is 0 Å². The first-order valence-corrected chi connectivity index (χ1v) is 10.9. The molecule has 1 aliphatic carbocycles. The Hall–Kier alpha value is -2.53. The van der Waals surface area contributed by atoms with Gasteiger partial charge in [-0.05, 0) is 48.1 Å². The number of piperazine rings is 1. The molecule has 2 atom stereocenters. The van der Waals surface area contributed by atoms with Gasteiger partial charge in [-0.3, -0.25) is 9.59 Å². The van der Waals surface area contributed by atoms with Crippen molar-refractivity contribution in [2.45, 2.75) is 25.2 Å². The van der Waals surface area contributed by atoms with Gasteiger partial charge in [0.2, 0.25) is 11.8 Å². The number of hydrogen-bond acceptors (Lipinski definition) is 3. The molecule has 2 aliphatic rings. The number of hydrogen-bond donors (Lipinski definition) is 0. The van der Waals surface area contributed by atoms with Crippen LogP contribution in [0.5, 0.6) is 5.75 Å². The van der Waals surface area contributed by atoms with Crippen LogP contribution >= 0.6 is 11.6 Å². The van der Waals surface area contributed by atoms with E-state index in [2.05, 4.69) is 0 Å². The third kappa shape index (κ3) is 4.62. The van der Waals surface area contributed by atoms with Crippen LogP contribution in [0.25, 0.3) is 0 Å². The number of carbonyl (C=O) groups excluding carboxylic acids is 2. The lowest BCUT2D eigenvalue weighted by molar-refractivity contribution is -0.140. The molecule has 2 amide bonds.